The Hall–Kier alpha value is -0.360. The highest BCUT2D eigenvalue weighted by Crippen LogP contribution is 2.14. The van der Waals surface area contributed by atoms with Gasteiger partial charge in [0, 0.05) is 13.2 Å². The van der Waals surface area contributed by atoms with E-state index < -0.39 is 0 Å². The third-order valence-electron chi connectivity index (χ3n) is 7.54. The summed E-state index contributed by atoms with van der Waals surface area (Å²) in [6.45, 7) is 11.9. The van der Waals surface area contributed by atoms with E-state index in [9.17, 15) is 0 Å². The van der Waals surface area contributed by atoms with E-state index in [4.69, 9.17) is 42.6 Å². The summed E-state index contributed by atoms with van der Waals surface area (Å²) in [6.07, 6.45) is 22.6. The Labute approximate surface area is 270 Å². The summed E-state index contributed by atoms with van der Waals surface area (Å²) in [7, 11) is 0. The minimum atomic E-state index is -0.0547. The van der Waals surface area contributed by atoms with Crippen molar-refractivity contribution in [1.82, 2.24) is 0 Å². The first-order valence-electron chi connectivity index (χ1n) is 18.2. The molecule has 9 nitrogen and oxygen atoms in total. The minimum absolute atomic E-state index is 0.0547. The predicted octanol–water partition coefficient (Wildman–Crippen LogP) is 7.13. The van der Waals surface area contributed by atoms with Gasteiger partial charge in [0.25, 0.3) is 0 Å². The van der Waals surface area contributed by atoms with Crippen LogP contribution in [0.3, 0.4) is 0 Å². The van der Waals surface area contributed by atoms with E-state index in [2.05, 4.69) is 6.92 Å². The molecule has 1 atom stereocenters. The number of hydrogen-bond donors (Lipinski definition) is 0. The molecule has 0 aliphatic carbocycles. The number of ether oxygens (including phenoxy) is 9. The van der Waals surface area contributed by atoms with Gasteiger partial charge in [-0.1, -0.05) is 90.4 Å². The molecular formula is C35H70O9. The van der Waals surface area contributed by atoms with E-state index in [1.54, 1.807) is 0 Å². The Balaban J connectivity index is 1.60. The van der Waals surface area contributed by atoms with Crippen LogP contribution in [0.2, 0.25) is 0 Å². The smallest absolute Gasteiger partial charge is 0.157 e. The number of unbranched alkanes of at least 4 members (excludes halogenated alkanes) is 13. The van der Waals surface area contributed by atoms with Gasteiger partial charge < -0.3 is 42.6 Å². The first-order chi connectivity index (χ1) is 21.9. The maximum Gasteiger partial charge on any atom is 0.157 e. The van der Waals surface area contributed by atoms with Crippen LogP contribution >= 0.6 is 0 Å². The molecule has 1 heterocycles. The van der Waals surface area contributed by atoms with Gasteiger partial charge in [-0.05, 0) is 25.7 Å². The lowest BCUT2D eigenvalue weighted by molar-refractivity contribution is -0.169. The SMILES string of the molecule is CCCCCCCCCCCCCCCCOCCOCCOCCOCCOCCOCCOCCOC1CCCCO1. The Morgan fingerprint density at radius 1 is 0.386 bits per heavy atom. The maximum absolute atomic E-state index is 5.68. The molecular weight excluding hydrogens is 564 g/mol. The van der Waals surface area contributed by atoms with Crippen LogP contribution in [0.4, 0.5) is 0 Å². The molecule has 44 heavy (non-hydrogen) atoms. The lowest BCUT2D eigenvalue weighted by atomic mass is 10.0. The first-order valence-corrected chi connectivity index (χ1v) is 18.2. The molecule has 0 aromatic rings. The Kier molecular flexibility index (Phi) is 35.1. The molecule has 0 amide bonds. The van der Waals surface area contributed by atoms with E-state index in [-0.39, 0.29) is 6.29 Å². The molecule has 0 bridgehead atoms. The normalized spacial score (nSPS) is 15.3. The Morgan fingerprint density at radius 3 is 1.09 bits per heavy atom. The zero-order valence-corrected chi connectivity index (χ0v) is 28.6. The van der Waals surface area contributed by atoms with Gasteiger partial charge in [0.1, 0.15) is 0 Å². The van der Waals surface area contributed by atoms with Gasteiger partial charge in [0.2, 0.25) is 0 Å². The molecule has 1 rings (SSSR count). The van der Waals surface area contributed by atoms with Crippen molar-refractivity contribution in [3.63, 3.8) is 0 Å². The van der Waals surface area contributed by atoms with E-state index in [1.165, 1.54) is 89.9 Å². The fourth-order valence-corrected chi connectivity index (χ4v) is 4.90. The van der Waals surface area contributed by atoms with Gasteiger partial charge in [-0.25, -0.2) is 0 Å². The van der Waals surface area contributed by atoms with Crippen LogP contribution in [0.25, 0.3) is 0 Å². The van der Waals surface area contributed by atoms with Crippen LogP contribution in [0.15, 0.2) is 0 Å². The van der Waals surface area contributed by atoms with E-state index in [0.29, 0.717) is 92.5 Å². The van der Waals surface area contributed by atoms with Gasteiger partial charge in [0.05, 0.1) is 92.5 Å². The third kappa shape index (κ3) is 33.0. The van der Waals surface area contributed by atoms with Crippen molar-refractivity contribution in [1.29, 1.82) is 0 Å². The number of hydrogen-bond acceptors (Lipinski definition) is 9. The molecule has 0 saturated carbocycles. The molecule has 1 aliphatic rings. The lowest BCUT2D eigenvalue weighted by Crippen LogP contribution is -2.24. The van der Waals surface area contributed by atoms with Crippen LogP contribution in [0.1, 0.15) is 116 Å². The maximum atomic E-state index is 5.68. The fourth-order valence-electron chi connectivity index (χ4n) is 4.90. The van der Waals surface area contributed by atoms with Crippen molar-refractivity contribution in [3.8, 4) is 0 Å². The highest BCUT2D eigenvalue weighted by Gasteiger charge is 2.13. The summed E-state index contributed by atoms with van der Waals surface area (Å²) in [5, 5.41) is 0. The molecule has 264 valence electrons. The molecule has 9 heteroatoms. The minimum Gasteiger partial charge on any atom is -0.379 e. The summed E-state index contributed by atoms with van der Waals surface area (Å²) < 4.78 is 49.9. The predicted molar refractivity (Wildman–Crippen MR) is 176 cm³/mol. The molecule has 0 aromatic carbocycles. The number of rotatable bonds is 37. The van der Waals surface area contributed by atoms with E-state index in [0.717, 1.165) is 32.5 Å². The summed E-state index contributed by atoms with van der Waals surface area (Å²) >= 11 is 0. The summed E-state index contributed by atoms with van der Waals surface area (Å²) in [4.78, 5) is 0. The second kappa shape index (κ2) is 37.1. The van der Waals surface area contributed by atoms with Crippen LogP contribution in [-0.4, -0.2) is 112 Å². The second-order valence-corrected chi connectivity index (χ2v) is 11.5. The molecule has 0 radical (unpaired) electrons. The summed E-state index contributed by atoms with van der Waals surface area (Å²) in [6, 6.07) is 0. The molecule has 1 fully saturated rings. The molecule has 0 aromatic heterocycles. The summed E-state index contributed by atoms with van der Waals surface area (Å²) in [5.74, 6) is 0. The zero-order chi connectivity index (χ0) is 31.3. The van der Waals surface area contributed by atoms with Gasteiger partial charge in [0.15, 0.2) is 6.29 Å². The highest BCUT2D eigenvalue weighted by molar-refractivity contribution is 4.54. The van der Waals surface area contributed by atoms with Gasteiger partial charge >= 0.3 is 0 Å². The summed E-state index contributed by atoms with van der Waals surface area (Å²) in [5.41, 5.74) is 0. The van der Waals surface area contributed by atoms with Gasteiger partial charge in [-0.15, -0.1) is 0 Å². The average molecular weight is 635 g/mol. The zero-order valence-electron chi connectivity index (χ0n) is 28.6. The molecule has 1 saturated heterocycles. The highest BCUT2D eigenvalue weighted by atomic mass is 16.7. The van der Waals surface area contributed by atoms with Crippen molar-refractivity contribution in [2.75, 3.05) is 106 Å². The quantitative estimate of drug-likeness (QED) is 0.0663. The van der Waals surface area contributed by atoms with Gasteiger partial charge in [-0.3, -0.25) is 0 Å². The Morgan fingerprint density at radius 2 is 0.727 bits per heavy atom. The van der Waals surface area contributed by atoms with Crippen LogP contribution in [0, 0.1) is 0 Å². The largest absolute Gasteiger partial charge is 0.379 e. The third-order valence-corrected chi connectivity index (χ3v) is 7.54. The van der Waals surface area contributed by atoms with Gasteiger partial charge in [-0.2, -0.15) is 0 Å². The van der Waals surface area contributed by atoms with Crippen molar-refractivity contribution in [2.45, 2.75) is 122 Å². The van der Waals surface area contributed by atoms with E-state index >= 15 is 0 Å². The van der Waals surface area contributed by atoms with E-state index in [1.807, 2.05) is 0 Å². The van der Waals surface area contributed by atoms with Crippen molar-refractivity contribution < 1.29 is 42.6 Å². The van der Waals surface area contributed by atoms with Crippen LogP contribution < -0.4 is 0 Å². The molecule has 1 unspecified atom stereocenters. The molecule has 0 N–H and O–H groups in total. The average Bonchev–Trinajstić information content (AvgIpc) is 3.05. The molecule has 1 aliphatic heterocycles. The van der Waals surface area contributed by atoms with Crippen molar-refractivity contribution in [2.24, 2.45) is 0 Å². The van der Waals surface area contributed by atoms with Crippen molar-refractivity contribution in [3.05, 3.63) is 0 Å². The second-order valence-electron chi connectivity index (χ2n) is 11.5. The van der Waals surface area contributed by atoms with Crippen molar-refractivity contribution >= 4 is 0 Å². The monoisotopic (exact) mass is 635 g/mol. The fraction of sp³-hybridized carbons (Fsp3) is 1.00. The van der Waals surface area contributed by atoms with Crippen LogP contribution in [0.5, 0.6) is 0 Å². The Bertz CT molecular complexity index is 520. The van der Waals surface area contributed by atoms with Crippen LogP contribution in [-0.2, 0) is 42.6 Å². The lowest BCUT2D eigenvalue weighted by Gasteiger charge is -2.22. The first kappa shape index (κ1) is 41.7. The topological polar surface area (TPSA) is 83.1 Å². The standard InChI is InChI=1S/C35H70O9/c1-2-3-4-5-6-7-8-9-10-11-12-13-14-16-19-36-21-22-37-23-24-38-25-26-39-27-28-40-29-30-41-31-32-42-33-34-44-35-18-15-17-20-43-35/h35H,2-34H2,1H3. The molecule has 0 spiro atoms.